The van der Waals surface area contributed by atoms with Crippen LogP contribution in [0.4, 0.5) is 5.82 Å². The van der Waals surface area contributed by atoms with Crippen LogP contribution in [0.15, 0.2) is 6.20 Å². The van der Waals surface area contributed by atoms with E-state index in [9.17, 15) is 4.79 Å². The van der Waals surface area contributed by atoms with Crippen molar-refractivity contribution in [3.8, 4) is 0 Å². The molecule has 0 saturated heterocycles. The van der Waals surface area contributed by atoms with E-state index in [0.717, 1.165) is 12.7 Å². The van der Waals surface area contributed by atoms with Crippen LogP contribution < -0.4 is 11.5 Å². The number of carboxylic acids is 1. The summed E-state index contributed by atoms with van der Waals surface area (Å²) in [6.45, 7) is 3.13. The summed E-state index contributed by atoms with van der Waals surface area (Å²) in [7, 11) is 0. The number of nitrogens with one attached hydrogen (secondary N) is 1. The first-order chi connectivity index (χ1) is 9.63. The molecule has 0 aliphatic rings. The van der Waals surface area contributed by atoms with Gasteiger partial charge in [0.05, 0.1) is 6.20 Å². The molecule has 0 bridgehead atoms. The van der Waals surface area contributed by atoms with Crippen LogP contribution in [-0.2, 0) is 0 Å². The number of anilines is 1. The summed E-state index contributed by atoms with van der Waals surface area (Å²) in [4.78, 5) is 10.1. The van der Waals surface area contributed by atoms with Crippen molar-refractivity contribution in [3.05, 3.63) is 11.8 Å². The molecule has 6 nitrogen and oxygen atoms in total. The third-order valence-electron chi connectivity index (χ3n) is 2.96. The molecule has 0 saturated carbocycles. The summed E-state index contributed by atoms with van der Waals surface area (Å²) in [6, 6.07) is 0. The topological polar surface area (TPSA) is 118 Å². The van der Waals surface area contributed by atoms with E-state index < -0.39 is 5.97 Å². The van der Waals surface area contributed by atoms with Gasteiger partial charge in [0, 0.05) is 0 Å². The van der Waals surface area contributed by atoms with E-state index in [0.29, 0.717) is 0 Å². The van der Waals surface area contributed by atoms with Gasteiger partial charge in [-0.25, -0.2) is 4.79 Å². The van der Waals surface area contributed by atoms with Crippen molar-refractivity contribution in [1.82, 2.24) is 10.2 Å². The lowest BCUT2D eigenvalue weighted by Crippen LogP contribution is -1.98. The molecule has 0 aliphatic carbocycles. The molecule has 1 aromatic rings. The minimum absolute atomic E-state index is 0.00926. The van der Waals surface area contributed by atoms with Crippen molar-refractivity contribution in [2.24, 2.45) is 5.73 Å². The van der Waals surface area contributed by atoms with Crippen LogP contribution in [0.25, 0.3) is 0 Å². The van der Waals surface area contributed by atoms with Crippen LogP contribution in [0.3, 0.4) is 0 Å². The van der Waals surface area contributed by atoms with Crippen molar-refractivity contribution in [3.63, 3.8) is 0 Å². The van der Waals surface area contributed by atoms with Gasteiger partial charge in [-0.1, -0.05) is 51.9 Å². The fraction of sp³-hybridized carbons (Fsp3) is 0.714. The summed E-state index contributed by atoms with van der Waals surface area (Å²) >= 11 is 0. The molecule has 0 amide bonds. The Morgan fingerprint density at radius 2 is 1.75 bits per heavy atom. The number of nitrogens with zero attached hydrogens (tertiary/aromatic N) is 1. The van der Waals surface area contributed by atoms with Crippen LogP contribution in [0.1, 0.15) is 68.6 Å². The fourth-order valence-corrected chi connectivity index (χ4v) is 1.74. The second kappa shape index (κ2) is 12.5. The maximum Gasteiger partial charge on any atom is 0.341 e. The Morgan fingerprint density at radius 3 is 2.10 bits per heavy atom. The number of carboxylic acid groups (broad SMARTS) is 1. The zero-order chi connectivity index (χ0) is 15.2. The monoisotopic (exact) mass is 284 g/mol. The Bertz CT molecular complexity index is 345. The smallest absolute Gasteiger partial charge is 0.341 e. The highest BCUT2D eigenvalue weighted by Crippen LogP contribution is 2.07. The summed E-state index contributed by atoms with van der Waals surface area (Å²) in [5, 5.41) is 14.0. The number of nitrogens with two attached hydrogens (primary N) is 2. The van der Waals surface area contributed by atoms with Gasteiger partial charge < -0.3 is 16.6 Å². The Labute approximate surface area is 120 Å². The van der Waals surface area contributed by atoms with Crippen molar-refractivity contribution >= 4 is 11.8 Å². The van der Waals surface area contributed by atoms with Crippen LogP contribution >= 0.6 is 0 Å². The van der Waals surface area contributed by atoms with Crippen LogP contribution in [0.2, 0.25) is 0 Å². The molecule has 0 aromatic carbocycles. The molecule has 0 spiro atoms. The normalized spacial score (nSPS) is 9.90. The lowest BCUT2D eigenvalue weighted by atomic mass is 10.1. The van der Waals surface area contributed by atoms with E-state index in [4.69, 9.17) is 16.6 Å². The van der Waals surface area contributed by atoms with Crippen LogP contribution in [0, 0.1) is 0 Å². The molecule has 1 rings (SSSR count). The molecule has 0 fully saturated rings. The molecule has 0 aliphatic heterocycles. The largest absolute Gasteiger partial charge is 0.477 e. The maximum absolute atomic E-state index is 10.1. The van der Waals surface area contributed by atoms with Gasteiger partial charge in [0.2, 0.25) is 0 Å². The molecular weight excluding hydrogens is 256 g/mol. The van der Waals surface area contributed by atoms with E-state index >= 15 is 0 Å². The standard InChI is InChI=1S/C10H23N.C4H5N3O2/c1-2-3-4-5-6-7-8-9-10-11;5-3-2(4(8)9)1-6-7-3/h2-11H2,1H3;1H,(H,8,9)(H3,5,6,7). The van der Waals surface area contributed by atoms with Crippen LogP contribution in [-0.4, -0.2) is 27.8 Å². The average molecular weight is 284 g/mol. The van der Waals surface area contributed by atoms with Gasteiger partial charge in [0.1, 0.15) is 11.4 Å². The number of aromatic carboxylic acids is 1. The Kier molecular flexibility index (Phi) is 11.5. The van der Waals surface area contributed by atoms with E-state index in [1.165, 1.54) is 51.4 Å². The number of carbonyl (C=O) groups is 1. The number of aromatic amines is 1. The molecule has 6 N–H and O–H groups in total. The quantitative estimate of drug-likeness (QED) is 0.520. The molecule has 116 valence electrons. The van der Waals surface area contributed by atoms with Crippen molar-refractivity contribution in [2.45, 2.75) is 58.3 Å². The van der Waals surface area contributed by atoms with Crippen molar-refractivity contribution in [1.29, 1.82) is 0 Å². The van der Waals surface area contributed by atoms with Gasteiger partial charge >= 0.3 is 5.97 Å². The Balaban J connectivity index is 0.000000367. The Morgan fingerprint density at radius 1 is 1.20 bits per heavy atom. The van der Waals surface area contributed by atoms with Gasteiger partial charge in [-0.05, 0) is 13.0 Å². The molecule has 6 heteroatoms. The molecule has 1 heterocycles. The van der Waals surface area contributed by atoms with Crippen molar-refractivity contribution in [2.75, 3.05) is 12.3 Å². The number of unbranched alkanes of at least 4 members (excludes halogenated alkanes) is 7. The number of hydrogen-bond donors (Lipinski definition) is 4. The van der Waals surface area contributed by atoms with E-state index in [-0.39, 0.29) is 11.4 Å². The van der Waals surface area contributed by atoms with E-state index in [1.807, 2.05) is 0 Å². The average Bonchev–Trinajstić information content (AvgIpc) is 2.85. The molecule has 1 aromatic heterocycles. The third-order valence-corrected chi connectivity index (χ3v) is 2.96. The fourth-order valence-electron chi connectivity index (χ4n) is 1.74. The first-order valence-electron chi connectivity index (χ1n) is 7.35. The second-order valence-electron chi connectivity index (χ2n) is 4.77. The van der Waals surface area contributed by atoms with E-state index in [2.05, 4.69) is 17.1 Å². The van der Waals surface area contributed by atoms with Crippen LogP contribution in [0.5, 0.6) is 0 Å². The minimum atomic E-state index is -1.07. The SMILES string of the molecule is CCCCCCCCCCN.Nc1[nH]ncc1C(=O)O. The third kappa shape index (κ3) is 9.38. The summed E-state index contributed by atoms with van der Waals surface area (Å²) in [6.07, 6.45) is 12.1. The second-order valence-corrected chi connectivity index (χ2v) is 4.77. The van der Waals surface area contributed by atoms with Gasteiger partial charge in [0.25, 0.3) is 0 Å². The summed E-state index contributed by atoms with van der Waals surface area (Å²) < 4.78 is 0. The molecule has 0 unspecified atom stereocenters. The predicted octanol–water partition coefficient (Wildman–Crippen LogP) is 2.78. The highest BCUT2D eigenvalue weighted by molar-refractivity contribution is 5.92. The minimum Gasteiger partial charge on any atom is -0.477 e. The van der Waals surface area contributed by atoms with Gasteiger partial charge in [-0.15, -0.1) is 0 Å². The maximum atomic E-state index is 10.1. The lowest BCUT2D eigenvalue weighted by Gasteiger charge is -1.99. The van der Waals surface area contributed by atoms with Gasteiger partial charge in [0.15, 0.2) is 0 Å². The first kappa shape index (κ1) is 18.4. The zero-order valence-corrected chi connectivity index (χ0v) is 12.4. The number of hydrogen-bond acceptors (Lipinski definition) is 4. The van der Waals surface area contributed by atoms with Gasteiger partial charge in [-0.2, -0.15) is 5.10 Å². The zero-order valence-electron chi connectivity index (χ0n) is 12.4. The first-order valence-corrected chi connectivity index (χ1v) is 7.35. The van der Waals surface area contributed by atoms with E-state index in [1.54, 1.807) is 0 Å². The highest BCUT2D eigenvalue weighted by Gasteiger charge is 2.07. The number of aromatic nitrogens is 2. The number of rotatable bonds is 9. The molecule has 0 atom stereocenters. The predicted molar refractivity (Wildman–Crippen MR) is 81.6 cm³/mol. The summed E-state index contributed by atoms with van der Waals surface area (Å²) in [5.74, 6) is -0.983. The Hall–Kier alpha value is -1.56. The van der Waals surface area contributed by atoms with Gasteiger partial charge in [-0.3, -0.25) is 5.10 Å². The lowest BCUT2D eigenvalue weighted by molar-refractivity contribution is 0.0698. The molecular formula is C14H28N4O2. The summed E-state index contributed by atoms with van der Waals surface area (Å²) in [5.41, 5.74) is 10.5. The molecule has 20 heavy (non-hydrogen) atoms. The number of nitrogen functional groups attached to an aromatic ring is 1. The molecule has 0 radical (unpaired) electrons. The number of H-pyrrole nitrogens is 1. The highest BCUT2D eigenvalue weighted by atomic mass is 16.4. The van der Waals surface area contributed by atoms with Crippen molar-refractivity contribution < 1.29 is 9.90 Å².